The summed E-state index contributed by atoms with van der Waals surface area (Å²) in [4.78, 5) is 29.4. The molecule has 0 radical (unpaired) electrons. The third-order valence-electron chi connectivity index (χ3n) is 6.80. The smallest absolute Gasteiger partial charge is 0.264 e. The van der Waals surface area contributed by atoms with Crippen molar-refractivity contribution in [2.75, 3.05) is 17.4 Å². The van der Waals surface area contributed by atoms with E-state index in [1.54, 1.807) is 18.2 Å². The number of nitrogens with zero attached hydrogens (tertiary/aromatic N) is 2. The fourth-order valence-electron chi connectivity index (χ4n) is 4.62. The lowest BCUT2D eigenvalue weighted by molar-refractivity contribution is -0.140. The van der Waals surface area contributed by atoms with E-state index in [0.29, 0.717) is 18.0 Å². The van der Waals surface area contributed by atoms with Crippen molar-refractivity contribution in [2.45, 2.75) is 37.2 Å². The van der Waals surface area contributed by atoms with Crippen molar-refractivity contribution in [3.8, 4) is 0 Å². The lowest BCUT2D eigenvalue weighted by Gasteiger charge is -2.34. The minimum Gasteiger partial charge on any atom is -0.354 e. The molecule has 0 saturated carbocycles. The number of hydrogen-bond donors (Lipinski definition) is 1. The number of sulfonamides is 1. The minimum atomic E-state index is -4.25. The molecular weight excluding hydrogens is 605 g/mol. The number of hydrogen-bond acceptors (Lipinski definition) is 4. The summed E-state index contributed by atoms with van der Waals surface area (Å²) in [6, 6.07) is 30.0. The van der Waals surface area contributed by atoms with Crippen LogP contribution in [0.15, 0.2) is 114 Å². The lowest BCUT2D eigenvalue weighted by atomic mass is 10.0. The summed E-state index contributed by atoms with van der Waals surface area (Å²) < 4.78 is 29.0. The van der Waals surface area contributed by atoms with Crippen LogP contribution in [0.5, 0.6) is 0 Å². The molecule has 10 heteroatoms. The first kappa shape index (κ1) is 32.1. The minimum absolute atomic E-state index is 0.00931. The Balaban J connectivity index is 1.80. The first-order chi connectivity index (χ1) is 20.7. The average molecular weight is 639 g/mol. The van der Waals surface area contributed by atoms with Gasteiger partial charge < -0.3 is 10.2 Å². The van der Waals surface area contributed by atoms with Crippen molar-refractivity contribution >= 4 is 50.7 Å². The Hall–Kier alpha value is -3.85. The summed E-state index contributed by atoms with van der Waals surface area (Å²) in [5.74, 6) is -0.890. The Labute approximate surface area is 263 Å². The van der Waals surface area contributed by atoms with Crippen LogP contribution in [0.4, 0.5) is 5.69 Å². The quantitative estimate of drug-likeness (QED) is 0.185. The van der Waals surface area contributed by atoms with Gasteiger partial charge in [-0.3, -0.25) is 13.9 Å². The van der Waals surface area contributed by atoms with Crippen LogP contribution in [-0.4, -0.2) is 44.3 Å². The van der Waals surface area contributed by atoms with E-state index in [4.69, 9.17) is 23.2 Å². The third-order valence-corrected chi connectivity index (χ3v) is 9.12. The second-order valence-electron chi connectivity index (χ2n) is 9.92. The van der Waals surface area contributed by atoms with E-state index in [1.807, 2.05) is 67.6 Å². The number of carbonyl (C=O) groups is 2. The zero-order valence-corrected chi connectivity index (χ0v) is 26.0. The van der Waals surface area contributed by atoms with E-state index in [2.05, 4.69) is 5.32 Å². The molecule has 1 atom stereocenters. The number of anilines is 1. The monoisotopic (exact) mass is 637 g/mol. The van der Waals surface area contributed by atoms with Crippen LogP contribution >= 0.6 is 23.2 Å². The first-order valence-electron chi connectivity index (χ1n) is 13.9. The maximum atomic E-state index is 14.4. The molecular formula is C33H33Cl2N3O4S. The molecule has 0 saturated heterocycles. The summed E-state index contributed by atoms with van der Waals surface area (Å²) >= 11 is 12.6. The normalized spacial score (nSPS) is 11.9. The molecule has 4 aromatic rings. The molecule has 0 aliphatic rings. The first-order valence-corrected chi connectivity index (χ1v) is 16.1. The zero-order chi connectivity index (χ0) is 30.8. The number of rotatable bonds is 13. The highest BCUT2D eigenvalue weighted by Crippen LogP contribution is 2.33. The molecule has 4 aromatic carbocycles. The molecule has 0 fully saturated rings. The average Bonchev–Trinajstić information content (AvgIpc) is 3.02. The summed E-state index contributed by atoms with van der Waals surface area (Å²) in [6.07, 6.45) is 0.955. The van der Waals surface area contributed by atoms with Crippen molar-refractivity contribution < 1.29 is 18.0 Å². The topological polar surface area (TPSA) is 86.8 Å². The molecule has 1 N–H and O–H groups in total. The van der Waals surface area contributed by atoms with Gasteiger partial charge in [0.25, 0.3) is 10.0 Å². The van der Waals surface area contributed by atoms with Crippen molar-refractivity contribution in [1.82, 2.24) is 10.2 Å². The fourth-order valence-corrected chi connectivity index (χ4v) is 6.63. The number of nitrogens with one attached hydrogen (secondary N) is 1. The van der Waals surface area contributed by atoms with Crippen molar-refractivity contribution in [3.63, 3.8) is 0 Å². The van der Waals surface area contributed by atoms with Gasteiger partial charge in [0.05, 0.1) is 15.6 Å². The molecule has 0 aliphatic carbocycles. The van der Waals surface area contributed by atoms with E-state index >= 15 is 0 Å². The molecule has 2 amide bonds. The van der Waals surface area contributed by atoms with Gasteiger partial charge in [-0.2, -0.15) is 0 Å². The molecule has 224 valence electrons. The van der Waals surface area contributed by atoms with Crippen molar-refractivity contribution in [1.29, 1.82) is 0 Å². The molecule has 0 heterocycles. The largest absolute Gasteiger partial charge is 0.354 e. The Morgan fingerprint density at radius 2 is 1.40 bits per heavy atom. The molecule has 0 aromatic heterocycles. The van der Waals surface area contributed by atoms with Crippen LogP contribution in [0.3, 0.4) is 0 Å². The predicted molar refractivity (Wildman–Crippen MR) is 172 cm³/mol. The van der Waals surface area contributed by atoms with Crippen LogP contribution in [0.25, 0.3) is 0 Å². The second-order valence-corrected chi connectivity index (χ2v) is 12.6. The molecule has 4 rings (SSSR count). The number of halogens is 2. The van der Waals surface area contributed by atoms with Crippen molar-refractivity contribution in [3.05, 3.63) is 130 Å². The number of carbonyl (C=O) groups excluding carboxylic acids is 2. The number of benzene rings is 4. The van der Waals surface area contributed by atoms with Gasteiger partial charge in [0.1, 0.15) is 12.6 Å². The van der Waals surface area contributed by atoms with E-state index in [-0.39, 0.29) is 34.5 Å². The Kier molecular flexibility index (Phi) is 11.2. The van der Waals surface area contributed by atoms with Gasteiger partial charge in [-0.1, -0.05) is 109 Å². The van der Waals surface area contributed by atoms with Gasteiger partial charge in [0, 0.05) is 24.5 Å². The van der Waals surface area contributed by atoms with Crippen LogP contribution in [0.2, 0.25) is 10.0 Å². The maximum absolute atomic E-state index is 14.4. The van der Waals surface area contributed by atoms with Crippen LogP contribution in [-0.2, 0) is 32.6 Å². The second kappa shape index (κ2) is 15.0. The van der Waals surface area contributed by atoms with Gasteiger partial charge in [-0.15, -0.1) is 0 Å². The Morgan fingerprint density at radius 1 is 0.814 bits per heavy atom. The van der Waals surface area contributed by atoms with Crippen LogP contribution < -0.4 is 9.62 Å². The van der Waals surface area contributed by atoms with Gasteiger partial charge in [-0.25, -0.2) is 8.42 Å². The van der Waals surface area contributed by atoms with E-state index in [0.717, 1.165) is 15.4 Å². The predicted octanol–water partition coefficient (Wildman–Crippen LogP) is 6.36. The third kappa shape index (κ3) is 8.38. The Bertz CT molecular complexity index is 1620. The van der Waals surface area contributed by atoms with E-state index in [9.17, 15) is 18.0 Å². The van der Waals surface area contributed by atoms with Gasteiger partial charge >= 0.3 is 0 Å². The Morgan fingerprint density at radius 3 is 1.98 bits per heavy atom. The highest BCUT2D eigenvalue weighted by Gasteiger charge is 2.35. The SMILES string of the molecule is CCCNC(=O)[C@@H](Cc1ccccc1)N(Cc1ccccc1)C(=O)CN(c1ccc(Cl)cc1Cl)S(=O)(=O)c1ccccc1. The molecule has 7 nitrogen and oxygen atoms in total. The van der Waals surface area contributed by atoms with E-state index in [1.165, 1.54) is 35.2 Å². The van der Waals surface area contributed by atoms with Gasteiger partial charge in [-0.05, 0) is 47.9 Å². The van der Waals surface area contributed by atoms with Gasteiger partial charge in [0.15, 0.2) is 0 Å². The molecule has 0 spiro atoms. The maximum Gasteiger partial charge on any atom is 0.264 e. The molecule has 0 unspecified atom stereocenters. The molecule has 43 heavy (non-hydrogen) atoms. The van der Waals surface area contributed by atoms with Crippen LogP contribution in [0.1, 0.15) is 24.5 Å². The number of amides is 2. The fraction of sp³-hybridized carbons (Fsp3) is 0.212. The van der Waals surface area contributed by atoms with Crippen LogP contribution in [0, 0.1) is 0 Å². The molecule has 0 bridgehead atoms. The lowest BCUT2D eigenvalue weighted by Crippen LogP contribution is -2.53. The van der Waals surface area contributed by atoms with Gasteiger partial charge in [0.2, 0.25) is 11.8 Å². The highest BCUT2D eigenvalue weighted by molar-refractivity contribution is 7.92. The summed E-state index contributed by atoms with van der Waals surface area (Å²) in [6.45, 7) is 1.87. The summed E-state index contributed by atoms with van der Waals surface area (Å²) in [5.41, 5.74) is 1.75. The highest BCUT2D eigenvalue weighted by atomic mass is 35.5. The van der Waals surface area contributed by atoms with E-state index < -0.39 is 28.5 Å². The molecule has 0 aliphatic heterocycles. The summed E-state index contributed by atoms with van der Waals surface area (Å²) in [7, 11) is -4.25. The standard InChI is InChI=1S/C33H33Cl2N3O4S/c1-2-20-36-33(40)31(21-25-12-6-3-7-13-25)37(23-26-14-8-4-9-15-26)32(39)24-38(30-19-18-27(34)22-29(30)35)43(41,42)28-16-10-5-11-17-28/h3-19,22,31H,2,20-21,23-24H2,1H3,(H,36,40)/t31-/m1/s1. The summed E-state index contributed by atoms with van der Waals surface area (Å²) in [5, 5.41) is 3.31. The zero-order valence-electron chi connectivity index (χ0n) is 23.7. The van der Waals surface area contributed by atoms with Crippen molar-refractivity contribution in [2.24, 2.45) is 0 Å².